The number of hydrogen-bond donors (Lipinski definition) is 2. The highest BCUT2D eigenvalue weighted by atomic mass is 16.3. The molecule has 15 heavy (non-hydrogen) atoms. The second-order valence-corrected chi connectivity index (χ2v) is 4.94. The Bertz CT molecular complexity index is 321. The lowest BCUT2D eigenvalue weighted by molar-refractivity contribution is -0.0362. The van der Waals surface area contributed by atoms with Crippen LogP contribution < -0.4 is 5.32 Å². The molecule has 3 heteroatoms. The molecule has 3 heterocycles. The number of fused-ring (bicyclic) bond motifs is 2. The van der Waals surface area contributed by atoms with Crippen LogP contribution in [0.15, 0.2) is 23.0 Å². The van der Waals surface area contributed by atoms with E-state index in [1.807, 2.05) is 6.07 Å². The van der Waals surface area contributed by atoms with Crippen LogP contribution >= 0.6 is 0 Å². The lowest BCUT2D eigenvalue weighted by Crippen LogP contribution is -2.54. The Labute approximate surface area is 89.5 Å². The van der Waals surface area contributed by atoms with E-state index in [1.165, 1.54) is 19.3 Å². The van der Waals surface area contributed by atoms with E-state index in [9.17, 15) is 5.11 Å². The molecule has 1 aromatic rings. The smallest absolute Gasteiger partial charge is 0.0963 e. The third-order valence-electron chi connectivity index (χ3n) is 3.80. The van der Waals surface area contributed by atoms with Crippen LogP contribution in [-0.4, -0.2) is 17.2 Å². The van der Waals surface area contributed by atoms with Gasteiger partial charge in [-0.1, -0.05) is 6.42 Å². The zero-order chi connectivity index (χ0) is 10.3. The number of aliphatic hydroxyl groups is 1. The normalized spacial score (nSPS) is 40.3. The Kier molecular flexibility index (Phi) is 2.11. The Hall–Kier alpha value is -0.800. The van der Waals surface area contributed by atoms with Crippen LogP contribution in [0.4, 0.5) is 0 Å². The van der Waals surface area contributed by atoms with Crippen LogP contribution in [0.25, 0.3) is 0 Å². The molecule has 0 amide bonds. The van der Waals surface area contributed by atoms with Crippen LogP contribution in [-0.2, 0) is 5.60 Å². The molecule has 0 aliphatic carbocycles. The van der Waals surface area contributed by atoms with Crippen molar-refractivity contribution in [3.63, 3.8) is 0 Å². The first-order chi connectivity index (χ1) is 7.26. The van der Waals surface area contributed by atoms with Gasteiger partial charge in [-0.05, 0) is 31.7 Å². The van der Waals surface area contributed by atoms with Crippen molar-refractivity contribution in [3.8, 4) is 0 Å². The molecule has 0 saturated carbocycles. The molecule has 2 N–H and O–H groups in total. The highest BCUT2D eigenvalue weighted by Gasteiger charge is 2.42. The van der Waals surface area contributed by atoms with E-state index in [0.29, 0.717) is 12.1 Å². The Balaban J connectivity index is 1.87. The van der Waals surface area contributed by atoms with Gasteiger partial charge in [0, 0.05) is 17.6 Å². The molecule has 3 rings (SSSR count). The lowest BCUT2D eigenvalue weighted by atomic mass is 9.74. The summed E-state index contributed by atoms with van der Waals surface area (Å²) in [5, 5.41) is 14.2. The van der Waals surface area contributed by atoms with Crippen molar-refractivity contribution in [1.29, 1.82) is 0 Å². The number of nitrogens with one attached hydrogen (secondary N) is 1. The standard InChI is InChI=1S/C12H17NO2/c14-12(9-4-5-15-8-9)6-10-2-1-3-11(7-12)13-10/h4-5,8,10-11,13-14H,1-3,6-7H2. The monoisotopic (exact) mass is 207 g/mol. The fourth-order valence-corrected chi connectivity index (χ4v) is 3.10. The minimum absolute atomic E-state index is 0.484. The zero-order valence-electron chi connectivity index (χ0n) is 8.78. The number of hydrogen-bond acceptors (Lipinski definition) is 3. The molecule has 2 aliphatic heterocycles. The van der Waals surface area contributed by atoms with Crippen LogP contribution in [0.3, 0.4) is 0 Å². The first-order valence-corrected chi connectivity index (χ1v) is 5.77. The van der Waals surface area contributed by atoms with E-state index >= 15 is 0 Å². The Morgan fingerprint density at radius 1 is 1.33 bits per heavy atom. The van der Waals surface area contributed by atoms with Crippen molar-refractivity contribution in [1.82, 2.24) is 5.32 Å². The average molecular weight is 207 g/mol. The summed E-state index contributed by atoms with van der Waals surface area (Å²) in [6.07, 6.45) is 8.65. The maximum atomic E-state index is 10.6. The molecular weight excluding hydrogens is 190 g/mol. The summed E-state index contributed by atoms with van der Waals surface area (Å²) in [6.45, 7) is 0. The van der Waals surface area contributed by atoms with Gasteiger partial charge in [0.15, 0.2) is 0 Å². The van der Waals surface area contributed by atoms with Gasteiger partial charge in [0.1, 0.15) is 0 Å². The van der Waals surface area contributed by atoms with Gasteiger partial charge in [-0.3, -0.25) is 0 Å². The molecule has 2 saturated heterocycles. The van der Waals surface area contributed by atoms with E-state index < -0.39 is 5.60 Å². The predicted octanol–water partition coefficient (Wildman–Crippen LogP) is 1.77. The zero-order valence-corrected chi connectivity index (χ0v) is 8.78. The summed E-state index contributed by atoms with van der Waals surface area (Å²) >= 11 is 0. The molecule has 0 radical (unpaired) electrons. The summed E-state index contributed by atoms with van der Waals surface area (Å²) < 4.78 is 5.07. The van der Waals surface area contributed by atoms with E-state index in [1.54, 1.807) is 12.5 Å². The molecule has 82 valence electrons. The maximum absolute atomic E-state index is 10.6. The summed E-state index contributed by atoms with van der Waals surface area (Å²) in [5.41, 5.74) is 0.287. The molecule has 2 aliphatic rings. The number of piperidine rings is 2. The van der Waals surface area contributed by atoms with Gasteiger partial charge in [-0.2, -0.15) is 0 Å². The molecule has 0 aromatic carbocycles. The van der Waals surface area contributed by atoms with Crippen LogP contribution in [0.1, 0.15) is 37.7 Å². The van der Waals surface area contributed by atoms with Crippen molar-refractivity contribution in [2.24, 2.45) is 0 Å². The van der Waals surface area contributed by atoms with Crippen LogP contribution in [0, 0.1) is 0 Å². The molecule has 0 spiro atoms. The SMILES string of the molecule is OC1(c2ccoc2)CC2CCCC(C1)N2. The third kappa shape index (κ3) is 1.60. The minimum Gasteiger partial charge on any atom is -0.472 e. The van der Waals surface area contributed by atoms with Crippen molar-refractivity contribution in [3.05, 3.63) is 24.2 Å². The lowest BCUT2D eigenvalue weighted by Gasteiger charge is -2.44. The third-order valence-corrected chi connectivity index (χ3v) is 3.80. The fraction of sp³-hybridized carbons (Fsp3) is 0.667. The molecule has 1 aromatic heterocycles. The highest BCUT2D eigenvalue weighted by molar-refractivity contribution is 5.19. The largest absolute Gasteiger partial charge is 0.472 e. The molecule has 2 atom stereocenters. The number of rotatable bonds is 1. The highest BCUT2D eigenvalue weighted by Crippen LogP contribution is 2.39. The van der Waals surface area contributed by atoms with Crippen molar-refractivity contribution in [2.45, 2.75) is 49.8 Å². The number of furan rings is 1. The van der Waals surface area contributed by atoms with Crippen LogP contribution in [0.5, 0.6) is 0 Å². The second kappa shape index (κ2) is 3.35. The Morgan fingerprint density at radius 2 is 2.07 bits per heavy atom. The molecule has 2 unspecified atom stereocenters. The van der Waals surface area contributed by atoms with Gasteiger partial charge in [0.25, 0.3) is 0 Å². The van der Waals surface area contributed by atoms with Gasteiger partial charge >= 0.3 is 0 Å². The predicted molar refractivity (Wildman–Crippen MR) is 56.4 cm³/mol. The molecule has 2 fully saturated rings. The Morgan fingerprint density at radius 3 is 2.67 bits per heavy atom. The van der Waals surface area contributed by atoms with Crippen LogP contribution in [0.2, 0.25) is 0 Å². The van der Waals surface area contributed by atoms with Gasteiger partial charge in [-0.25, -0.2) is 0 Å². The van der Waals surface area contributed by atoms with Crippen molar-refractivity contribution >= 4 is 0 Å². The van der Waals surface area contributed by atoms with E-state index in [4.69, 9.17) is 4.42 Å². The first kappa shape index (κ1) is 9.43. The van der Waals surface area contributed by atoms with Gasteiger partial charge < -0.3 is 14.8 Å². The summed E-state index contributed by atoms with van der Waals surface area (Å²) in [4.78, 5) is 0. The maximum Gasteiger partial charge on any atom is 0.0963 e. The first-order valence-electron chi connectivity index (χ1n) is 5.77. The average Bonchev–Trinajstić information content (AvgIpc) is 2.69. The summed E-state index contributed by atoms with van der Waals surface area (Å²) in [5.74, 6) is 0. The van der Waals surface area contributed by atoms with E-state index in [0.717, 1.165) is 18.4 Å². The summed E-state index contributed by atoms with van der Waals surface area (Å²) in [7, 11) is 0. The second-order valence-electron chi connectivity index (χ2n) is 4.94. The van der Waals surface area contributed by atoms with Gasteiger partial charge in [0.2, 0.25) is 0 Å². The van der Waals surface area contributed by atoms with Crippen molar-refractivity contribution in [2.75, 3.05) is 0 Å². The summed E-state index contributed by atoms with van der Waals surface area (Å²) in [6, 6.07) is 2.86. The van der Waals surface area contributed by atoms with Gasteiger partial charge in [-0.15, -0.1) is 0 Å². The minimum atomic E-state index is -0.659. The van der Waals surface area contributed by atoms with Crippen molar-refractivity contribution < 1.29 is 9.52 Å². The van der Waals surface area contributed by atoms with E-state index in [-0.39, 0.29) is 0 Å². The van der Waals surface area contributed by atoms with E-state index in [2.05, 4.69) is 5.32 Å². The fourth-order valence-electron chi connectivity index (χ4n) is 3.10. The quantitative estimate of drug-likeness (QED) is 0.737. The van der Waals surface area contributed by atoms with Gasteiger partial charge in [0.05, 0.1) is 18.1 Å². The molecule has 2 bridgehead atoms. The topological polar surface area (TPSA) is 45.4 Å². The molecule has 3 nitrogen and oxygen atoms in total. The molecular formula is C12H17NO2.